The summed E-state index contributed by atoms with van der Waals surface area (Å²) in [5, 5.41) is 20.2. The van der Waals surface area contributed by atoms with Crippen LogP contribution in [0, 0.1) is 23.7 Å². The maximum Gasteiger partial charge on any atom is 0.328 e. The van der Waals surface area contributed by atoms with Gasteiger partial charge in [0.15, 0.2) is 11.9 Å². The standard InChI is InChI=1S/C20H24ClN7O3/c1-9(2)16(19(30)31)28-8-12(6-24-28)25-20-23-7-13(21)18(27-20)26-15-11-4-3-10(5-11)14(15)17(22)29/h3-4,6-11,14-16H,5H2,1-2H3,(H2,22,29)(H,30,31)(H2,23,25,26,27)/t10-,11-,14-,15-,16?/m1/s1. The molecule has 2 heterocycles. The van der Waals surface area contributed by atoms with Gasteiger partial charge in [0.05, 0.1) is 24.0 Å². The quantitative estimate of drug-likeness (QED) is 0.453. The minimum absolute atomic E-state index is 0.132. The molecule has 1 saturated carbocycles. The van der Waals surface area contributed by atoms with E-state index in [0.717, 1.165) is 6.42 Å². The number of carboxylic acids is 1. The normalized spacial score (nSPS) is 25.0. The highest BCUT2D eigenvalue weighted by Gasteiger charge is 2.47. The van der Waals surface area contributed by atoms with Crippen LogP contribution in [0.5, 0.6) is 0 Å². The molecule has 2 aromatic heterocycles. The second kappa shape index (κ2) is 8.18. The summed E-state index contributed by atoms with van der Waals surface area (Å²) < 4.78 is 1.39. The van der Waals surface area contributed by atoms with E-state index < -0.39 is 12.0 Å². The van der Waals surface area contributed by atoms with Crippen LogP contribution in [0.1, 0.15) is 26.3 Å². The zero-order chi connectivity index (χ0) is 22.3. The highest BCUT2D eigenvalue weighted by atomic mass is 35.5. The van der Waals surface area contributed by atoms with Gasteiger partial charge in [0.1, 0.15) is 5.02 Å². The molecule has 4 rings (SSSR count). The van der Waals surface area contributed by atoms with Gasteiger partial charge < -0.3 is 21.5 Å². The Morgan fingerprint density at radius 1 is 1.29 bits per heavy atom. The number of halogens is 1. The third-order valence-electron chi connectivity index (χ3n) is 5.86. The highest BCUT2D eigenvalue weighted by molar-refractivity contribution is 6.32. The van der Waals surface area contributed by atoms with E-state index in [1.165, 1.54) is 17.1 Å². The number of primary amides is 1. The lowest BCUT2D eigenvalue weighted by atomic mass is 9.88. The molecule has 0 radical (unpaired) electrons. The Kier molecular flexibility index (Phi) is 5.57. The summed E-state index contributed by atoms with van der Waals surface area (Å²) >= 11 is 6.29. The van der Waals surface area contributed by atoms with E-state index in [0.29, 0.717) is 16.5 Å². The van der Waals surface area contributed by atoms with Crippen LogP contribution >= 0.6 is 11.6 Å². The fraction of sp³-hybridized carbons (Fsp3) is 0.450. The van der Waals surface area contributed by atoms with Crippen molar-refractivity contribution in [3.05, 3.63) is 35.8 Å². The van der Waals surface area contributed by atoms with E-state index >= 15 is 0 Å². The minimum atomic E-state index is -0.956. The van der Waals surface area contributed by atoms with Crippen molar-refractivity contribution in [3.8, 4) is 0 Å². The molecule has 0 aromatic carbocycles. The Hall–Kier alpha value is -3.14. The van der Waals surface area contributed by atoms with E-state index in [9.17, 15) is 14.7 Å². The van der Waals surface area contributed by atoms with Crippen molar-refractivity contribution in [1.82, 2.24) is 19.7 Å². The largest absolute Gasteiger partial charge is 0.480 e. The Labute approximate surface area is 183 Å². The van der Waals surface area contributed by atoms with E-state index in [1.54, 1.807) is 6.20 Å². The molecule has 1 amide bonds. The number of rotatable bonds is 8. The van der Waals surface area contributed by atoms with Crippen LogP contribution in [-0.2, 0) is 9.59 Å². The number of carboxylic acid groups (broad SMARTS) is 1. The summed E-state index contributed by atoms with van der Waals surface area (Å²) in [6, 6.07) is -0.964. The van der Waals surface area contributed by atoms with E-state index in [4.69, 9.17) is 17.3 Å². The fourth-order valence-electron chi connectivity index (χ4n) is 4.48. The van der Waals surface area contributed by atoms with Crippen molar-refractivity contribution in [1.29, 1.82) is 0 Å². The number of hydrogen-bond donors (Lipinski definition) is 4. The summed E-state index contributed by atoms with van der Waals surface area (Å²) in [5.74, 6) is -0.779. The smallest absolute Gasteiger partial charge is 0.328 e. The number of nitrogens with two attached hydrogens (primary N) is 1. The number of anilines is 3. The Morgan fingerprint density at radius 3 is 2.71 bits per heavy atom. The number of nitrogens with zero attached hydrogens (tertiary/aromatic N) is 4. The molecule has 2 aliphatic carbocycles. The maximum atomic E-state index is 12.0. The lowest BCUT2D eigenvalue weighted by Crippen LogP contribution is -2.41. The minimum Gasteiger partial charge on any atom is -0.480 e. The molecule has 5 N–H and O–H groups in total. The number of fused-ring (bicyclic) bond motifs is 2. The zero-order valence-electron chi connectivity index (χ0n) is 17.1. The SMILES string of the molecule is CC(C)C(C(=O)O)n1cc(Nc2ncc(Cl)c(N[C@H]3[C@H](C(N)=O)[C@@H]4C=C[C@@H]3C4)n2)cn1. The van der Waals surface area contributed by atoms with Crippen LogP contribution in [0.3, 0.4) is 0 Å². The van der Waals surface area contributed by atoms with E-state index in [2.05, 4.69) is 31.8 Å². The lowest BCUT2D eigenvalue weighted by molar-refractivity contribution is -0.142. The number of carbonyl (C=O) groups is 2. The first kappa shape index (κ1) is 21.1. The molecule has 1 unspecified atom stereocenters. The number of allylic oxidation sites excluding steroid dienone is 1. The molecule has 164 valence electrons. The molecule has 1 fully saturated rings. The molecule has 10 nitrogen and oxygen atoms in total. The van der Waals surface area contributed by atoms with Crippen LogP contribution in [-0.4, -0.2) is 42.8 Å². The van der Waals surface area contributed by atoms with Crippen molar-refractivity contribution >= 4 is 40.9 Å². The van der Waals surface area contributed by atoms with Crippen molar-refractivity contribution in [2.24, 2.45) is 29.4 Å². The molecule has 0 saturated heterocycles. The molecule has 0 aliphatic heterocycles. The van der Waals surface area contributed by atoms with Crippen molar-refractivity contribution in [3.63, 3.8) is 0 Å². The third kappa shape index (κ3) is 4.07. The fourth-order valence-corrected chi connectivity index (χ4v) is 4.63. The predicted molar refractivity (Wildman–Crippen MR) is 115 cm³/mol. The lowest BCUT2D eigenvalue weighted by Gasteiger charge is -2.27. The third-order valence-corrected chi connectivity index (χ3v) is 6.14. The summed E-state index contributed by atoms with van der Waals surface area (Å²) in [6.45, 7) is 3.64. The first-order valence-corrected chi connectivity index (χ1v) is 10.4. The van der Waals surface area contributed by atoms with Crippen LogP contribution in [0.4, 0.5) is 17.5 Å². The van der Waals surface area contributed by atoms with Gasteiger partial charge in [-0.15, -0.1) is 0 Å². The van der Waals surface area contributed by atoms with E-state index in [1.807, 2.05) is 19.9 Å². The summed E-state index contributed by atoms with van der Waals surface area (Å²) in [4.78, 5) is 32.1. The van der Waals surface area contributed by atoms with Gasteiger partial charge in [0.25, 0.3) is 0 Å². The molecular formula is C20H24ClN7O3. The van der Waals surface area contributed by atoms with Crippen molar-refractivity contribution in [2.45, 2.75) is 32.4 Å². The monoisotopic (exact) mass is 445 g/mol. The molecule has 11 heteroatoms. The number of amides is 1. The maximum absolute atomic E-state index is 12.0. The Balaban J connectivity index is 1.52. The average Bonchev–Trinajstić information content (AvgIpc) is 3.40. The van der Waals surface area contributed by atoms with Crippen molar-refractivity contribution < 1.29 is 14.7 Å². The van der Waals surface area contributed by atoms with Crippen LogP contribution < -0.4 is 16.4 Å². The molecule has 5 atom stereocenters. The van der Waals surface area contributed by atoms with Gasteiger partial charge >= 0.3 is 5.97 Å². The van der Waals surface area contributed by atoms with Gasteiger partial charge in [-0.3, -0.25) is 9.48 Å². The second-order valence-electron chi connectivity index (χ2n) is 8.30. The van der Waals surface area contributed by atoms with Crippen LogP contribution in [0.15, 0.2) is 30.7 Å². The number of nitrogens with one attached hydrogen (secondary N) is 2. The number of carbonyl (C=O) groups excluding carboxylic acids is 1. The summed E-state index contributed by atoms with van der Waals surface area (Å²) in [5.41, 5.74) is 6.17. The first-order valence-electron chi connectivity index (χ1n) is 10.0. The number of aliphatic carboxylic acids is 1. The molecule has 2 bridgehead atoms. The van der Waals surface area contributed by atoms with Gasteiger partial charge in [0, 0.05) is 12.2 Å². The van der Waals surface area contributed by atoms with Gasteiger partial charge in [-0.1, -0.05) is 37.6 Å². The Bertz CT molecular complexity index is 1040. The molecular weight excluding hydrogens is 422 g/mol. The average molecular weight is 446 g/mol. The first-order chi connectivity index (χ1) is 14.7. The Morgan fingerprint density at radius 2 is 2.03 bits per heavy atom. The molecule has 2 aliphatic rings. The van der Waals surface area contributed by atoms with Gasteiger partial charge in [-0.2, -0.15) is 10.1 Å². The second-order valence-corrected chi connectivity index (χ2v) is 8.71. The number of hydrogen-bond acceptors (Lipinski definition) is 7. The molecule has 2 aromatic rings. The zero-order valence-corrected chi connectivity index (χ0v) is 17.8. The van der Waals surface area contributed by atoms with E-state index in [-0.39, 0.29) is 41.6 Å². The highest BCUT2D eigenvalue weighted by Crippen LogP contribution is 2.45. The molecule has 0 spiro atoms. The van der Waals surface area contributed by atoms with Gasteiger partial charge in [-0.25, -0.2) is 9.78 Å². The topological polar surface area (TPSA) is 148 Å². The van der Waals surface area contributed by atoms with Crippen LogP contribution in [0.25, 0.3) is 0 Å². The summed E-state index contributed by atoms with van der Waals surface area (Å²) in [6.07, 6.45) is 9.57. The van der Waals surface area contributed by atoms with Gasteiger partial charge in [-0.05, 0) is 24.2 Å². The predicted octanol–water partition coefficient (Wildman–Crippen LogP) is 2.44. The van der Waals surface area contributed by atoms with Gasteiger partial charge in [0.2, 0.25) is 11.9 Å². The number of aromatic nitrogens is 4. The van der Waals surface area contributed by atoms with Crippen molar-refractivity contribution in [2.75, 3.05) is 10.6 Å². The summed E-state index contributed by atoms with van der Waals surface area (Å²) in [7, 11) is 0. The molecule has 31 heavy (non-hydrogen) atoms. The van der Waals surface area contributed by atoms with Crippen LogP contribution in [0.2, 0.25) is 5.02 Å².